The molecule has 3 amide bonds. The highest BCUT2D eigenvalue weighted by Crippen LogP contribution is 2.28. The van der Waals surface area contributed by atoms with Gasteiger partial charge < -0.3 is 20.7 Å². The molecular formula is C20H13ClF4N4O3. The topological polar surface area (TPSA) is 92.4 Å². The average molecular weight is 469 g/mol. The number of ether oxygens (including phenoxy) is 1. The Balaban J connectivity index is 1.71. The maximum absolute atomic E-state index is 14.4. The summed E-state index contributed by atoms with van der Waals surface area (Å²) in [6.45, 7) is 0. The van der Waals surface area contributed by atoms with Gasteiger partial charge >= 0.3 is 6.03 Å². The van der Waals surface area contributed by atoms with E-state index in [-0.39, 0.29) is 22.9 Å². The van der Waals surface area contributed by atoms with Crippen molar-refractivity contribution in [3.63, 3.8) is 0 Å². The number of benzene rings is 2. The van der Waals surface area contributed by atoms with E-state index in [1.807, 2.05) is 5.32 Å². The molecule has 0 saturated carbocycles. The lowest BCUT2D eigenvalue weighted by Crippen LogP contribution is -2.21. The quantitative estimate of drug-likeness (QED) is 0.276. The van der Waals surface area contributed by atoms with Gasteiger partial charge in [0.1, 0.15) is 23.0 Å². The number of nitrogens with one attached hydrogen (secondary N) is 3. The zero-order valence-electron chi connectivity index (χ0n) is 16.1. The normalized spacial score (nSPS) is 10.4. The van der Waals surface area contributed by atoms with Crippen molar-refractivity contribution in [1.82, 2.24) is 10.3 Å². The van der Waals surface area contributed by atoms with Gasteiger partial charge in [0.25, 0.3) is 5.91 Å². The molecule has 7 nitrogen and oxygen atoms in total. The number of pyridine rings is 1. The summed E-state index contributed by atoms with van der Waals surface area (Å²) in [5.41, 5.74) is -0.967. The zero-order valence-corrected chi connectivity index (χ0v) is 16.9. The van der Waals surface area contributed by atoms with E-state index in [0.717, 1.165) is 12.1 Å². The molecule has 32 heavy (non-hydrogen) atoms. The Morgan fingerprint density at radius 2 is 1.59 bits per heavy atom. The average Bonchev–Trinajstić information content (AvgIpc) is 2.77. The lowest BCUT2D eigenvalue weighted by molar-refractivity contribution is 0.0957. The number of carbonyl (C=O) groups is 2. The van der Waals surface area contributed by atoms with E-state index in [1.54, 1.807) is 0 Å². The lowest BCUT2D eigenvalue weighted by Gasteiger charge is -2.12. The molecule has 3 N–H and O–H groups in total. The summed E-state index contributed by atoms with van der Waals surface area (Å²) in [6.07, 6.45) is 1.33. The van der Waals surface area contributed by atoms with Crippen molar-refractivity contribution >= 4 is 34.9 Å². The fourth-order valence-electron chi connectivity index (χ4n) is 2.46. The smallest absolute Gasteiger partial charge is 0.323 e. The molecule has 0 saturated heterocycles. The first kappa shape index (κ1) is 22.8. The monoisotopic (exact) mass is 468 g/mol. The predicted molar refractivity (Wildman–Crippen MR) is 108 cm³/mol. The minimum Gasteiger partial charge on any atom is -0.457 e. The summed E-state index contributed by atoms with van der Waals surface area (Å²) in [5, 5.41) is 5.66. The van der Waals surface area contributed by atoms with E-state index >= 15 is 0 Å². The molecule has 1 heterocycles. The van der Waals surface area contributed by atoms with E-state index < -0.39 is 45.9 Å². The first-order valence-corrected chi connectivity index (χ1v) is 9.14. The van der Waals surface area contributed by atoms with Crippen molar-refractivity contribution in [2.75, 3.05) is 17.7 Å². The maximum Gasteiger partial charge on any atom is 0.323 e. The largest absolute Gasteiger partial charge is 0.457 e. The van der Waals surface area contributed by atoms with Crippen molar-refractivity contribution in [1.29, 1.82) is 0 Å². The number of amides is 3. The first-order chi connectivity index (χ1) is 15.2. The van der Waals surface area contributed by atoms with Gasteiger partial charge in [0.15, 0.2) is 17.5 Å². The SMILES string of the molecule is CNC(=O)c1cc(Oc2ccc(NC(=O)Nc3cc(Cl)c(F)c(F)c3F)c(F)c2)ccn1. The molecule has 0 unspecified atom stereocenters. The molecule has 0 radical (unpaired) electrons. The minimum atomic E-state index is -1.86. The van der Waals surface area contributed by atoms with E-state index in [0.29, 0.717) is 6.07 Å². The van der Waals surface area contributed by atoms with Gasteiger partial charge in [-0.15, -0.1) is 0 Å². The van der Waals surface area contributed by atoms with Crippen LogP contribution in [-0.2, 0) is 0 Å². The summed E-state index contributed by atoms with van der Waals surface area (Å²) in [4.78, 5) is 27.5. The molecule has 3 rings (SSSR count). The van der Waals surface area contributed by atoms with Crippen LogP contribution >= 0.6 is 11.6 Å². The highest BCUT2D eigenvalue weighted by atomic mass is 35.5. The molecule has 2 aromatic carbocycles. The number of anilines is 2. The Morgan fingerprint density at radius 1 is 0.906 bits per heavy atom. The second kappa shape index (κ2) is 9.52. The molecule has 0 aliphatic heterocycles. The number of urea groups is 1. The molecule has 0 bridgehead atoms. The minimum absolute atomic E-state index is 0.0425. The van der Waals surface area contributed by atoms with Crippen LogP contribution < -0.4 is 20.7 Å². The number of hydrogen-bond acceptors (Lipinski definition) is 4. The van der Waals surface area contributed by atoms with Crippen molar-refractivity contribution in [2.24, 2.45) is 0 Å². The highest BCUT2D eigenvalue weighted by molar-refractivity contribution is 6.31. The first-order valence-electron chi connectivity index (χ1n) is 8.76. The van der Waals surface area contributed by atoms with E-state index in [2.05, 4.69) is 15.6 Å². The van der Waals surface area contributed by atoms with Crippen LogP contribution in [-0.4, -0.2) is 24.0 Å². The zero-order chi connectivity index (χ0) is 23.4. The number of rotatable bonds is 5. The highest BCUT2D eigenvalue weighted by Gasteiger charge is 2.19. The van der Waals surface area contributed by atoms with E-state index in [1.165, 1.54) is 31.4 Å². The Kier molecular flexibility index (Phi) is 6.79. The molecule has 3 aromatic rings. The van der Waals surface area contributed by atoms with Gasteiger partial charge in [0, 0.05) is 25.4 Å². The fraction of sp³-hybridized carbons (Fsp3) is 0.0500. The van der Waals surface area contributed by atoms with Gasteiger partial charge in [-0.1, -0.05) is 11.6 Å². The van der Waals surface area contributed by atoms with Gasteiger partial charge in [0.05, 0.1) is 16.4 Å². The van der Waals surface area contributed by atoms with Gasteiger partial charge in [0.2, 0.25) is 0 Å². The van der Waals surface area contributed by atoms with Crippen molar-refractivity contribution in [2.45, 2.75) is 0 Å². The summed E-state index contributed by atoms with van der Waals surface area (Å²) < 4.78 is 60.2. The number of halogens is 5. The molecule has 0 aliphatic rings. The maximum atomic E-state index is 14.4. The van der Waals surface area contributed by atoms with Gasteiger partial charge in [-0.3, -0.25) is 9.78 Å². The number of carbonyl (C=O) groups excluding carboxylic acids is 2. The summed E-state index contributed by atoms with van der Waals surface area (Å²) in [5.74, 6) is -6.24. The summed E-state index contributed by atoms with van der Waals surface area (Å²) >= 11 is 5.43. The van der Waals surface area contributed by atoms with Crippen LogP contribution in [0.3, 0.4) is 0 Å². The molecule has 0 aliphatic carbocycles. The fourth-order valence-corrected chi connectivity index (χ4v) is 2.66. The third-order valence-corrected chi connectivity index (χ3v) is 4.24. The second-order valence-corrected chi connectivity index (χ2v) is 6.53. The van der Waals surface area contributed by atoms with Crippen molar-refractivity contribution in [3.05, 3.63) is 76.6 Å². The molecule has 0 spiro atoms. The second-order valence-electron chi connectivity index (χ2n) is 6.13. The third kappa shape index (κ3) is 5.06. The van der Waals surface area contributed by atoms with Gasteiger partial charge in [-0.05, 0) is 24.3 Å². The van der Waals surface area contributed by atoms with E-state index in [4.69, 9.17) is 16.3 Å². The standard InChI is InChI=1S/C20H13ClF4N4O3/c1-26-19(30)15-7-10(4-5-27-15)32-9-2-3-13(12(22)6-9)28-20(31)29-14-8-11(21)16(23)18(25)17(14)24/h2-8H,1H3,(H,26,30)(H2,28,29,31). The third-order valence-electron chi connectivity index (χ3n) is 3.97. The molecule has 12 heteroatoms. The number of hydrogen-bond donors (Lipinski definition) is 3. The molecular weight excluding hydrogens is 456 g/mol. The Bertz CT molecular complexity index is 1210. The van der Waals surface area contributed by atoms with Crippen LogP contribution in [0.1, 0.15) is 10.5 Å². The Labute approximate surface area is 183 Å². The van der Waals surface area contributed by atoms with Crippen LogP contribution in [0.15, 0.2) is 42.6 Å². The van der Waals surface area contributed by atoms with Crippen molar-refractivity contribution in [3.8, 4) is 11.5 Å². The van der Waals surface area contributed by atoms with Crippen molar-refractivity contribution < 1.29 is 31.9 Å². The van der Waals surface area contributed by atoms with Gasteiger partial charge in [-0.25, -0.2) is 22.4 Å². The van der Waals surface area contributed by atoms with Crippen LogP contribution in [0.25, 0.3) is 0 Å². The summed E-state index contributed by atoms with van der Waals surface area (Å²) in [6, 6.07) is 5.74. The Morgan fingerprint density at radius 3 is 2.28 bits per heavy atom. The molecule has 166 valence electrons. The summed E-state index contributed by atoms with van der Waals surface area (Å²) in [7, 11) is 1.43. The predicted octanol–water partition coefficient (Wildman–Crippen LogP) is 5.09. The molecule has 0 atom stereocenters. The molecule has 1 aromatic heterocycles. The van der Waals surface area contributed by atoms with Crippen LogP contribution in [0.4, 0.5) is 33.7 Å². The van der Waals surface area contributed by atoms with Crippen LogP contribution in [0, 0.1) is 23.3 Å². The van der Waals surface area contributed by atoms with Crippen LogP contribution in [0.2, 0.25) is 5.02 Å². The van der Waals surface area contributed by atoms with Gasteiger partial charge in [-0.2, -0.15) is 0 Å². The Hall–Kier alpha value is -3.86. The van der Waals surface area contributed by atoms with Crippen LogP contribution in [0.5, 0.6) is 11.5 Å². The lowest BCUT2D eigenvalue weighted by atomic mass is 10.2. The molecule has 0 fully saturated rings. The van der Waals surface area contributed by atoms with E-state index in [9.17, 15) is 27.2 Å². The number of nitrogens with zero attached hydrogens (tertiary/aromatic N) is 1. The number of aromatic nitrogens is 1.